The van der Waals surface area contributed by atoms with Crippen molar-refractivity contribution >= 4 is 17.6 Å². The lowest BCUT2D eigenvalue weighted by Crippen LogP contribution is -2.17. The van der Waals surface area contributed by atoms with Crippen molar-refractivity contribution in [3.63, 3.8) is 0 Å². The second kappa shape index (κ2) is 8.94. The van der Waals surface area contributed by atoms with Crippen molar-refractivity contribution in [2.45, 2.75) is 12.9 Å². The highest BCUT2D eigenvalue weighted by Gasteiger charge is 2.32. The molecule has 2 aromatic carbocycles. The van der Waals surface area contributed by atoms with Gasteiger partial charge in [-0.25, -0.2) is 4.79 Å². The predicted molar refractivity (Wildman–Crippen MR) is 110 cm³/mol. The summed E-state index contributed by atoms with van der Waals surface area (Å²) in [5, 5.41) is 7.81. The number of aromatic nitrogens is 4. The van der Waals surface area contributed by atoms with Crippen LogP contribution in [-0.4, -0.2) is 39.4 Å². The van der Waals surface area contributed by atoms with Gasteiger partial charge in [0.15, 0.2) is 5.69 Å². The molecule has 2 heterocycles. The predicted octanol–water partition coefficient (Wildman–Crippen LogP) is 4.99. The Morgan fingerprint density at radius 3 is 2.52 bits per heavy atom. The standard InChI is InChI=1S/C21H14ClF3N4O4/c1-31-20(30)16-8-9-29(27-16)11-12-2-4-13(5-3-12)18-26-19(33-28-18)14-6-7-17(15(22)10-14)32-21(23,24)25/h2-10H,11H2,1H3. The molecule has 8 nitrogen and oxygen atoms in total. The minimum atomic E-state index is -4.85. The van der Waals surface area contributed by atoms with Gasteiger partial charge in [0.25, 0.3) is 5.89 Å². The van der Waals surface area contributed by atoms with Gasteiger partial charge in [-0.05, 0) is 29.8 Å². The van der Waals surface area contributed by atoms with Crippen LogP contribution in [0, 0.1) is 0 Å². The van der Waals surface area contributed by atoms with E-state index in [-0.39, 0.29) is 22.4 Å². The average Bonchev–Trinajstić information content (AvgIpc) is 3.44. The fourth-order valence-electron chi connectivity index (χ4n) is 2.91. The summed E-state index contributed by atoms with van der Waals surface area (Å²) in [5.41, 5.74) is 2.12. The summed E-state index contributed by atoms with van der Waals surface area (Å²) in [6, 6.07) is 12.5. The molecule has 4 aromatic rings. The molecule has 12 heteroatoms. The molecule has 33 heavy (non-hydrogen) atoms. The fourth-order valence-corrected chi connectivity index (χ4v) is 3.13. The van der Waals surface area contributed by atoms with E-state index in [4.69, 9.17) is 16.1 Å². The van der Waals surface area contributed by atoms with Crippen molar-refractivity contribution in [1.29, 1.82) is 0 Å². The van der Waals surface area contributed by atoms with E-state index in [1.165, 1.54) is 19.2 Å². The minimum absolute atomic E-state index is 0.0846. The van der Waals surface area contributed by atoms with Crippen molar-refractivity contribution in [1.82, 2.24) is 19.9 Å². The number of hydrogen-bond donors (Lipinski definition) is 0. The number of alkyl halides is 3. The lowest BCUT2D eigenvalue weighted by Gasteiger charge is -2.10. The first-order chi connectivity index (χ1) is 15.7. The molecule has 170 valence electrons. The number of rotatable bonds is 6. The van der Waals surface area contributed by atoms with Gasteiger partial charge in [-0.2, -0.15) is 10.1 Å². The van der Waals surface area contributed by atoms with Gasteiger partial charge < -0.3 is 14.0 Å². The Morgan fingerprint density at radius 1 is 1.12 bits per heavy atom. The third-order valence-corrected chi connectivity index (χ3v) is 4.72. The maximum atomic E-state index is 12.4. The van der Waals surface area contributed by atoms with Crippen LogP contribution >= 0.6 is 11.6 Å². The van der Waals surface area contributed by atoms with Crippen LogP contribution < -0.4 is 4.74 Å². The number of methoxy groups -OCH3 is 1. The zero-order valence-corrected chi connectivity index (χ0v) is 17.6. The van der Waals surface area contributed by atoms with Crippen molar-refractivity contribution in [3.8, 4) is 28.6 Å². The number of hydrogen-bond acceptors (Lipinski definition) is 7. The van der Waals surface area contributed by atoms with Crippen molar-refractivity contribution in [3.05, 3.63) is 71.0 Å². The van der Waals surface area contributed by atoms with Gasteiger partial charge in [-0.15, -0.1) is 13.2 Å². The van der Waals surface area contributed by atoms with Crippen LogP contribution in [0.3, 0.4) is 0 Å². The van der Waals surface area contributed by atoms with Gasteiger partial charge in [-0.3, -0.25) is 4.68 Å². The number of carbonyl (C=O) groups excluding carboxylic acids is 1. The number of benzene rings is 2. The molecule has 0 bridgehead atoms. The van der Waals surface area contributed by atoms with E-state index >= 15 is 0 Å². The van der Waals surface area contributed by atoms with Crippen LogP contribution in [0.15, 0.2) is 59.3 Å². The summed E-state index contributed by atoms with van der Waals surface area (Å²) in [7, 11) is 1.29. The SMILES string of the molecule is COC(=O)c1ccn(Cc2ccc(-c3noc(-c4ccc(OC(F)(F)F)c(Cl)c4)n3)cc2)n1. The number of halogens is 4. The Bertz CT molecular complexity index is 1290. The normalized spacial score (nSPS) is 11.4. The van der Waals surface area contributed by atoms with Gasteiger partial charge in [0.05, 0.1) is 18.7 Å². The van der Waals surface area contributed by atoms with Gasteiger partial charge >= 0.3 is 12.3 Å². The number of ether oxygens (including phenoxy) is 2. The second-order valence-electron chi connectivity index (χ2n) is 6.70. The molecular weight excluding hydrogens is 465 g/mol. The first-order valence-corrected chi connectivity index (χ1v) is 9.70. The highest BCUT2D eigenvalue weighted by atomic mass is 35.5. The first kappa shape index (κ1) is 22.3. The molecule has 0 saturated carbocycles. The van der Waals surface area contributed by atoms with Crippen LogP contribution in [-0.2, 0) is 11.3 Å². The Morgan fingerprint density at radius 2 is 1.85 bits per heavy atom. The Balaban J connectivity index is 1.47. The van der Waals surface area contributed by atoms with Crippen LogP contribution in [0.4, 0.5) is 13.2 Å². The molecule has 0 N–H and O–H groups in total. The monoisotopic (exact) mass is 478 g/mol. The van der Waals surface area contributed by atoms with E-state index in [1.54, 1.807) is 29.1 Å². The quantitative estimate of drug-likeness (QED) is 0.360. The summed E-state index contributed by atoms with van der Waals surface area (Å²) in [5.74, 6) is -0.670. The summed E-state index contributed by atoms with van der Waals surface area (Å²) in [6.07, 6.45) is -3.18. The van der Waals surface area contributed by atoms with E-state index in [2.05, 4.69) is 24.7 Å². The maximum absolute atomic E-state index is 12.4. The topological polar surface area (TPSA) is 92.3 Å². The molecule has 0 spiro atoms. The Kier molecular flexibility index (Phi) is 6.05. The van der Waals surface area contributed by atoms with Crippen molar-refractivity contribution in [2.24, 2.45) is 0 Å². The summed E-state index contributed by atoms with van der Waals surface area (Å²) >= 11 is 5.87. The molecule has 0 fully saturated rings. The molecule has 0 atom stereocenters. The lowest BCUT2D eigenvalue weighted by molar-refractivity contribution is -0.274. The zero-order valence-electron chi connectivity index (χ0n) is 16.8. The van der Waals surface area contributed by atoms with Crippen LogP contribution in [0.5, 0.6) is 5.75 Å². The van der Waals surface area contributed by atoms with E-state index in [0.717, 1.165) is 11.6 Å². The average molecular weight is 479 g/mol. The van der Waals surface area contributed by atoms with Crippen molar-refractivity contribution in [2.75, 3.05) is 7.11 Å². The zero-order chi connectivity index (χ0) is 23.6. The molecule has 0 radical (unpaired) electrons. The largest absolute Gasteiger partial charge is 0.573 e. The summed E-state index contributed by atoms with van der Waals surface area (Å²) in [4.78, 5) is 15.8. The van der Waals surface area contributed by atoms with Gasteiger partial charge in [0.2, 0.25) is 5.82 Å². The number of nitrogens with zero attached hydrogens (tertiary/aromatic N) is 4. The smallest absolute Gasteiger partial charge is 0.464 e. The molecular formula is C21H14ClF3N4O4. The molecule has 0 amide bonds. The number of carbonyl (C=O) groups is 1. The highest BCUT2D eigenvalue weighted by Crippen LogP contribution is 2.33. The van der Waals surface area contributed by atoms with E-state index < -0.39 is 18.1 Å². The van der Waals surface area contributed by atoms with Gasteiger partial charge in [0, 0.05) is 17.3 Å². The Labute approximate surface area is 189 Å². The lowest BCUT2D eigenvalue weighted by atomic mass is 10.1. The molecule has 0 saturated heterocycles. The van der Waals surface area contributed by atoms with Gasteiger partial charge in [-0.1, -0.05) is 41.0 Å². The van der Waals surface area contributed by atoms with E-state index in [9.17, 15) is 18.0 Å². The molecule has 0 aliphatic heterocycles. The van der Waals surface area contributed by atoms with E-state index in [1.807, 2.05) is 12.1 Å². The number of esters is 1. The molecule has 0 unspecified atom stereocenters. The van der Waals surface area contributed by atoms with Crippen LogP contribution in [0.25, 0.3) is 22.8 Å². The summed E-state index contributed by atoms with van der Waals surface area (Å²) in [6.45, 7) is 0.430. The highest BCUT2D eigenvalue weighted by molar-refractivity contribution is 6.32. The third kappa shape index (κ3) is 5.32. The molecule has 0 aliphatic carbocycles. The van der Waals surface area contributed by atoms with E-state index in [0.29, 0.717) is 17.7 Å². The first-order valence-electron chi connectivity index (χ1n) is 9.32. The second-order valence-corrected chi connectivity index (χ2v) is 7.11. The van der Waals surface area contributed by atoms with Crippen LogP contribution in [0.2, 0.25) is 5.02 Å². The molecule has 2 aromatic heterocycles. The van der Waals surface area contributed by atoms with Gasteiger partial charge in [0.1, 0.15) is 5.75 Å². The molecule has 4 rings (SSSR count). The third-order valence-electron chi connectivity index (χ3n) is 4.42. The minimum Gasteiger partial charge on any atom is -0.464 e. The molecule has 0 aliphatic rings. The Hall–Kier alpha value is -3.86. The maximum Gasteiger partial charge on any atom is 0.573 e. The van der Waals surface area contributed by atoms with Crippen LogP contribution in [0.1, 0.15) is 16.1 Å². The summed E-state index contributed by atoms with van der Waals surface area (Å²) < 4.78 is 52.5. The fraction of sp³-hybridized carbons (Fsp3) is 0.143. The van der Waals surface area contributed by atoms with Crippen molar-refractivity contribution < 1.29 is 32.0 Å².